The molecule has 0 saturated carbocycles. The van der Waals surface area contributed by atoms with Crippen LogP contribution in [0.15, 0.2) is 21.2 Å². The Kier molecular flexibility index (Phi) is 5.26. The summed E-state index contributed by atoms with van der Waals surface area (Å²) in [5, 5.41) is 3.33. The number of hydrogen-bond donors (Lipinski definition) is 1. The van der Waals surface area contributed by atoms with Crippen molar-refractivity contribution in [3.8, 4) is 0 Å². The maximum absolute atomic E-state index is 5.36. The van der Waals surface area contributed by atoms with Crippen molar-refractivity contribution < 1.29 is 4.42 Å². The molecule has 3 heteroatoms. The zero-order valence-corrected chi connectivity index (χ0v) is 10.4. The molecule has 0 spiro atoms. The lowest BCUT2D eigenvalue weighted by Gasteiger charge is -2.13. The highest BCUT2D eigenvalue weighted by Crippen LogP contribution is 2.20. The predicted octanol–water partition coefficient (Wildman–Crippen LogP) is 3.36. The highest BCUT2D eigenvalue weighted by atomic mass is 79.9. The smallest absolute Gasteiger partial charge is 0.117 e. The lowest BCUT2D eigenvalue weighted by molar-refractivity contribution is 0.442. The Hall–Kier alpha value is -0.280. The molecule has 0 aliphatic rings. The number of hydrogen-bond acceptors (Lipinski definition) is 2. The number of aryl methyl sites for hydroxylation is 1. The maximum Gasteiger partial charge on any atom is 0.117 e. The number of nitrogens with one attached hydrogen (secondary N) is 1. The number of halogens is 1. The van der Waals surface area contributed by atoms with E-state index in [0.29, 0.717) is 6.04 Å². The van der Waals surface area contributed by atoms with E-state index in [2.05, 4.69) is 28.2 Å². The Labute approximate surface area is 94.2 Å². The Morgan fingerprint density at radius 1 is 1.50 bits per heavy atom. The number of rotatable bonds is 6. The summed E-state index contributed by atoms with van der Waals surface area (Å²) in [6.07, 6.45) is 6.32. The minimum atomic E-state index is 0.608. The Morgan fingerprint density at radius 2 is 2.29 bits per heavy atom. The first-order valence-corrected chi connectivity index (χ1v) is 5.96. The van der Waals surface area contributed by atoms with Crippen LogP contribution in [0, 0.1) is 0 Å². The average Bonchev–Trinajstić information content (AvgIpc) is 2.59. The monoisotopic (exact) mass is 259 g/mol. The van der Waals surface area contributed by atoms with Crippen LogP contribution in [-0.4, -0.2) is 13.1 Å². The predicted molar refractivity (Wildman–Crippen MR) is 62.5 cm³/mol. The first-order chi connectivity index (χ1) is 6.77. The minimum absolute atomic E-state index is 0.608. The Morgan fingerprint density at radius 3 is 2.79 bits per heavy atom. The maximum atomic E-state index is 5.36. The van der Waals surface area contributed by atoms with Crippen molar-refractivity contribution in [3.63, 3.8) is 0 Å². The molecule has 1 heterocycles. The molecule has 1 atom stereocenters. The molecule has 1 aromatic heterocycles. The van der Waals surface area contributed by atoms with Crippen molar-refractivity contribution in [2.45, 2.75) is 38.6 Å². The van der Waals surface area contributed by atoms with Crippen LogP contribution in [-0.2, 0) is 6.42 Å². The fraction of sp³-hybridized carbons (Fsp3) is 0.636. The van der Waals surface area contributed by atoms with E-state index in [4.69, 9.17) is 4.42 Å². The van der Waals surface area contributed by atoms with E-state index < -0.39 is 0 Å². The van der Waals surface area contributed by atoms with Gasteiger partial charge < -0.3 is 9.73 Å². The fourth-order valence-corrected chi connectivity index (χ4v) is 1.99. The molecule has 1 N–H and O–H groups in total. The van der Waals surface area contributed by atoms with E-state index in [0.717, 1.165) is 23.1 Å². The van der Waals surface area contributed by atoms with E-state index in [1.54, 1.807) is 6.26 Å². The Balaban J connectivity index is 2.35. The minimum Gasteiger partial charge on any atom is -0.468 e. The van der Waals surface area contributed by atoms with Gasteiger partial charge in [0.2, 0.25) is 0 Å². The summed E-state index contributed by atoms with van der Waals surface area (Å²) in [5.74, 6) is 1.06. The molecule has 80 valence electrons. The van der Waals surface area contributed by atoms with Gasteiger partial charge >= 0.3 is 0 Å². The lowest BCUT2D eigenvalue weighted by atomic mass is 10.1. The zero-order valence-electron chi connectivity index (χ0n) is 8.85. The van der Waals surface area contributed by atoms with Gasteiger partial charge in [0.05, 0.1) is 10.7 Å². The largest absolute Gasteiger partial charge is 0.468 e. The topological polar surface area (TPSA) is 25.2 Å². The van der Waals surface area contributed by atoms with Gasteiger partial charge in [-0.15, -0.1) is 0 Å². The second-order valence-corrected chi connectivity index (χ2v) is 4.36. The van der Waals surface area contributed by atoms with Crippen molar-refractivity contribution >= 4 is 15.9 Å². The molecule has 0 bridgehead atoms. The van der Waals surface area contributed by atoms with Crippen LogP contribution in [0.25, 0.3) is 0 Å². The summed E-state index contributed by atoms with van der Waals surface area (Å²) in [4.78, 5) is 0. The molecule has 0 aromatic carbocycles. The summed E-state index contributed by atoms with van der Waals surface area (Å²) in [5.41, 5.74) is 0. The summed E-state index contributed by atoms with van der Waals surface area (Å²) in [6.45, 7) is 2.22. The highest BCUT2D eigenvalue weighted by molar-refractivity contribution is 9.10. The first-order valence-electron chi connectivity index (χ1n) is 5.17. The van der Waals surface area contributed by atoms with Gasteiger partial charge in [0.15, 0.2) is 0 Å². The van der Waals surface area contributed by atoms with Gasteiger partial charge in [-0.1, -0.05) is 13.3 Å². The molecular weight excluding hydrogens is 242 g/mol. The molecule has 0 radical (unpaired) electrons. The third-order valence-corrected chi connectivity index (χ3v) is 3.16. The molecule has 0 saturated heterocycles. The van der Waals surface area contributed by atoms with Crippen LogP contribution >= 0.6 is 15.9 Å². The summed E-state index contributed by atoms with van der Waals surface area (Å²) in [7, 11) is 2.03. The fourth-order valence-electron chi connectivity index (χ4n) is 1.59. The first kappa shape index (κ1) is 11.8. The molecule has 0 fully saturated rings. The van der Waals surface area contributed by atoms with Crippen LogP contribution in [0.4, 0.5) is 0 Å². The van der Waals surface area contributed by atoms with Crippen molar-refractivity contribution in [1.82, 2.24) is 5.32 Å². The quantitative estimate of drug-likeness (QED) is 0.848. The van der Waals surface area contributed by atoms with Crippen molar-refractivity contribution in [1.29, 1.82) is 0 Å². The summed E-state index contributed by atoms with van der Waals surface area (Å²) >= 11 is 3.46. The molecule has 0 amide bonds. The van der Waals surface area contributed by atoms with Crippen LogP contribution in [0.3, 0.4) is 0 Å². The standard InChI is InChI=1S/C11H18BrNO/c1-3-4-9(13-2)5-6-11-10(12)7-8-14-11/h7-9,13H,3-6H2,1-2H3. The molecule has 1 rings (SSSR count). The van der Waals surface area contributed by atoms with Gasteiger partial charge in [0.25, 0.3) is 0 Å². The van der Waals surface area contributed by atoms with E-state index in [1.165, 1.54) is 12.8 Å². The van der Waals surface area contributed by atoms with Gasteiger partial charge in [-0.3, -0.25) is 0 Å². The molecule has 0 aliphatic heterocycles. The van der Waals surface area contributed by atoms with Crippen molar-refractivity contribution in [3.05, 3.63) is 22.6 Å². The molecule has 2 nitrogen and oxygen atoms in total. The summed E-state index contributed by atoms with van der Waals surface area (Å²) in [6, 6.07) is 2.56. The lowest BCUT2D eigenvalue weighted by Crippen LogP contribution is -2.25. The molecule has 0 aliphatic carbocycles. The molecular formula is C11H18BrNO. The third-order valence-electron chi connectivity index (χ3n) is 2.46. The molecule has 14 heavy (non-hydrogen) atoms. The van der Waals surface area contributed by atoms with Crippen LogP contribution in [0.5, 0.6) is 0 Å². The Bertz CT molecular complexity index is 260. The van der Waals surface area contributed by atoms with Gasteiger partial charge in [-0.25, -0.2) is 0 Å². The van der Waals surface area contributed by atoms with Crippen LogP contribution < -0.4 is 5.32 Å². The molecule has 1 aromatic rings. The van der Waals surface area contributed by atoms with Gasteiger partial charge in [-0.2, -0.15) is 0 Å². The van der Waals surface area contributed by atoms with Gasteiger partial charge in [-0.05, 0) is 41.9 Å². The van der Waals surface area contributed by atoms with E-state index >= 15 is 0 Å². The van der Waals surface area contributed by atoms with Crippen molar-refractivity contribution in [2.24, 2.45) is 0 Å². The van der Waals surface area contributed by atoms with E-state index in [-0.39, 0.29) is 0 Å². The third kappa shape index (κ3) is 3.46. The second kappa shape index (κ2) is 6.25. The number of furan rings is 1. The summed E-state index contributed by atoms with van der Waals surface area (Å²) < 4.78 is 6.45. The van der Waals surface area contributed by atoms with Gasteiger partial charge in [0.1, 0.15) is 5.76 Å². The van der Waals surface area contributed by atoms with E-state index in [9.17, 15) is 0 Å². The van der Waals surface area contributed by atoms with Crippen LogP contribution in [0.2, 0.25) is 0 Å². The van der Waals surface area contributed by atoms with E-state index in [1.807, 2.05) is 13.1 Å². The van der Waals surface area contributed by atoms with Crippen molar-refractivity contribution in [2.75, 3.05) is 7.05 Å². The second-order valence-electron chi connectivity index (χ2n) is 3.50. The van der Waals surface area contributed by atoms with Crippen LogP contribution in [0.1, 0.15) is 31.9 Å². The van der Waals surface area contributed by atoms with Gasteiger partial charge in [0, 0.05) is 12.5 Å². The average molecular weight is 260 g/mol. The normalized spacial score (nSPS) is 13.1. The SMILES string of the molecule is CCCC(CCc1occc1Br)NC. The molecule has 1 unspecified atom stereocenters. The zero-order chi connectivity index (χ0) is 10.4. The highest BCUT2D eigenvalue weighted by Gasteiger charge is 2.08.